The number of nitrogens with one attached hydrogen (secondary N) is 1. The van der Waals surface area contributed by atoms with Crippen molar-refractivity contribution in [1.29, 1.82) is 0 Å². The van der Waals surface area contributed by atoms with Crippen molar-refractivity contribution < 1.29 is 8.42 Å². The van der Waals surface area contributed by atoms with Gasteiger partial charge in [-0.05, 0) is 31.1 Å². The van der Waals surface area contributed by atoms with Crippen molar-refractivity contribution in [2.75, 3.05) is 32.9 Å². The summed E-state index contributed by atoms with van der Waals surface area (Å²) in [5.74, 6) is 0.108. The van der Waals surface area contributed by atoms with E-state index in [0.29, 0.717) is 31.4 Å². The van der Waals surface area contributed by atoms with Crippen LogP contribution in [-0.2, 0) is 23.0 Å². The monoisotopic (exact) mass is 335 g/mol. The number of hydrogen-bond donors (Lipinski definition) is 1. The predicted octanol–water partition coefficient (Wildman–Crippen LogP) is 0.778. The molecule has 0 bridgehead atoms. The van der Waals surface area contributed by atoms with Gasteiger partial charge in [0.15, 0.2) is 0 Å². The number of H-pyrrole nitrogens is 1. The highest BCUT2D eigenvalue weighted by atomic mass is 32.2. The zero-order valence-corrected chi connectivity index (χ0v) is 14.2. The van der Waals surface area contributed by atoms with Crippen LogP contribution in [0.5, 0.6) is 0 Å². The van der Waals surface area contributed by atoms with Gasteiger partial charge in [0, 0.05) is 37.1 Å². The predicted molar refractivity (Wildman–Crippen MR) is 91.0 cm³/mol. The van der Waals surface area contributed by atoms with E-state index in [2.05, 4.69) is 4.98 Å². The van der Waals surface area contributed by atoms with Crippen LogP contribution in [0.15, 0.2) is 29.1 Å². The van der Waals surface area contributed by atoms with Crippen LogP contribution < -0.4 is 5.56 Å². The summed E-state index contributed by atoms with van der Waals surface area (Å²) in [7, 11) is 0.421. The SMILES string of the molecule is CN(C)CCS(=O)(=O)N1CCc2[nH]c(=O)c3ccccc3c2C1. The molecule has 0 unspecified atom stereocenters. The average molecular weight is 335 g/mol. The molecule has 124 valence electrons. The first-order chi connectivity index (χ1) is 10.9. The van der Waals surface area contributed by atoms with Gasteiger partial charge in [-0.3, -0.25) is 4.79 Å². The van der Waals surface area contributed by atoms with Crippen LogP contribution in [0.1, 0.15) is 11.3 Å². The quantitative estimate of drug-likeness (QED) is 0.896. The Morgan fingerprint density at radius 1 is 1.22 bits per heavy atom. The number of benzene rings is 1. The summed E-state index contributed by atoms with van der Waals surface area (Å²) >= 11 is 0. The fourth-order valence-electron chi connectivity index (χ4n) is 2.94. The fourth-order valence-corrected chi connectivity index (χ4v) is 4.49. The highest BCUT2D eigenvalue weighted by Gasteiger charge is 2.28. The molecular weight excluding hydrogens is 314 g/mol. The molecule has 0 saturated heterocycles. The van der Waals surface area contributed by atoms with Crippen LogP contribution >= 0.6 is 0 Å². The molecule has 0 aliphatic carbocycles. The summed E-state index contributed by atoms with van der Waals surface area (Å²) < 4.78 is 26.6. The molecule has 0 fully saturated rings. The van der Waals surface area contributed by atoms with E-state index in [4.69, 9.17) is 0 Å². The Labute approximate surface area is 135 Å². The number of fused-ring (bicyclic) bond motifs is 3. The van der Waals surface area contributed by atoms with Crippen molar-refractivity contribution in [2.45, 2.75) is 13.0 Å². The summed E-state index contributed by atoms with van der Waals surface area (Å²) in [4.78, 5) is 16.9. The third-order valence-electron chi connectivity index (χ3n) is 4.26. The van der Waals surface area contributed by atoms with Gasteiger partial charge in [-0.2, -0.15) is 4.31 Å². The summed E-state index contributed by atoms with van der Waals surface area (Å²) in [6.07, 6.45) is 0.538. The highest BCUT2D eigenvalue weighted by molar-refractivity contribution is 7.89. The number of rotatable bonds is 4. The average Bonchev–Trinajstić information content (AvgIpc) is 2.53. The summed E-state index contributed by atoms with van der Waals surface area (Å²) in [6.45, 7) is 1.23. The van der Waals surface area contributed by atoms with Crippen molar-refractivity contribution in [3.8, 4) is 0 Å². The van der Waals surface area contributed by atoms with Crippen LogP contribution in [0.25, 0.3) is 10.8 Å². The van der Waals surface area contributed by atoms with Gasteiger partial charge in [-0.15, -0.1) is 0 Å². The number of pyridine rings is 1. The number of nitrogens with zero attached hydrogens (tertiary/aromatic N) is 2. The minimum atomic E-state index is -3.30. The van der Waals surface area contributed by atoms with Crippen LogP contribution in [0.4, 0.5) is 0 Å². The van der Waals surface area contributed by atoms with Gasteiger partial charge in [-0.25, -0.2) is 8.42 Å². The third kappa shape index (κ3) is 3.17. The van der Waals surface area contributed by atoms with Crippen molar-refractivity contribution >= 4 is 20.8 Å². The van der Waals surface area contributed by atoms with Gasteiger partial charge in [0.1, 0.15) is 0 Å². The van der Waals surface area contributed by atoms with Crippen LogP contribution in [0.2, 0.25) is 0 Å². The standard InChI is InChI=1S/C16H21N3O3S/c1-18(2)9-10-23(21,22)19-8-7-15-14(11-19)12-5-3-4-6-13(12)16(20)17-15/h3-6H,7-11H2,1-2H3,(H,17,20). The molecule has 2 aromatic rings. The molecule has 1 aliphatic rings. The van der Waals surface area contributed by atoms with Crippen LogP contribution in [-0.4, -0.2) is 55.5 Å². The molecule has 1 aliphatic heterocycles. The Balaban J connectivity index is 1.97. The second kappa shape index (κ2) is 6.07. The molecule has 1 aromatic carbocycles. The molecule has 2 heterocycles. The normalized spacial score (nSPS) is 16.0. The van der Waals surface area contributed by atoms with Crippen molar-refractivity contribution in [1.82, 2.24) is 14.2 Å². The molecule has 6 nitrogen and oxygen atoms in total. The highest BCUT2D eigenvalue weighted by Crippen LogP contribution is 2.25. The van der Waals surface area contributed by atoms with E-state index in [9.17, 15) is 13.2 Å². The van der Waals surface area contributed by atoms with Gasteiger partial charge < -0.3 is 9.88 Å². The molecule has 0 saturated carbocycles. The van der Waals surface area contributed by atoms with E-state index in [-0.39, 0.29) is 11.3 Å². The van der Waals surface area contributed by atoms with E-state index in [1.165, 1.54) is 4.31 Å². The maximum Gasteiger partial charge on any atom is 0.256 e. The molecule has 0 radical (unpaired) electrons. The third-order valence-corrected chi connectivity index (χ3v) is 6.06. The number of hydrogen-bond acceptors (Lipinski definition) is 4. The minimum Gasteiger partial charge on any atom is -0.325 e. The minimum absolute atomic E-state index is 0.108. The Kier molecular flexibility index (Phi) is 4.27. The summed E-state index contributed by atoms with van der Waals surface area (Å²) in [5.41, 5.74) is 1.66. The molecule has 0 spiro atoms. The molecule has 7 heteroatoms. The first kappa shape index (κ1) is 16.2. The van der Waals surface area contributed by atoms with Crippen molar-refractivity contribution in [2.24, 2.45) is 0 Å². The molecular formula is C16H21N3O3S. The van der Waals surface area contributed by atoms with Gasteiger partial charge >= 0.3 is 0 Å². The maximum atomic E-state index is 12.5. The second-order valence-corrected chi connectivity index (χ2v) is 8.25. The molecule has 23 heavy (non-hydrogen) atoms. The lowest BCUT2D eigenvalue weighted by Gasteiger charge is -2.29. The van der Waals surface area contributed by atoms with Crippen LogP contribution in [0, 0.1) is 0 Å². The summed E-state index contributed by atoms with van der Waals surface area (Å²) in [5, 5.41) is 1.46. The lowest BCUT2D eigenvalue weighted by Crippen LogP contribution is -2.40. The second-order valence-electron chi connectivity index (χ2n) is 6.16. The first-order valence-electron chi connectivity index (χ1n) is 7.64. The molecule has 0 atom stereocenters. The molecule has 1 N–H and O–H groups in total. The van der Waals surface area contributed by atoms with E-state index < -0.39 is 10.0 Å². The first-order valence-corrected chi connectivity index (χ1v) is 9.25. The lowest BCUT2D eigenvalue weighted by molar-refractivity contribution is 0.378. The topological polar surface area (TPSA) is 73.5 Å². The number of aromatic nitrogens is 1. The van der Waals surface area contributed by atoms with Gasteiger partial charge in [0.05, 0.1) is 5.75 Å². The zero-order valence-electron chi connectivity index (χ0n) is 13.4. The van der Waals surface area contributed by atoms with E-state index >= 15 is 0 Å². The van der Waals surface area contributed by atoms with E-state index in [1.807, 2.05) is 37.2 Å². The zero-order chi connectivity index (χ0) is 16.6. The number of aromatic amines is 1. The summed E-state index contributed by atoms with van der Waals surface area (Å²) in [6, 6.07) is 7.35. The lowest BCUT2D eigenvalue weighted by atomic mass is 10.0. The van der Waals surface area contributed by atoms with Gasteiger partial charge in [0.2, 0.25) is 10.0 Å². The van der Waals surface area contributed by atoms with Gasteiger partial charge in [0.25, 0.3) is 5.56 Å². The maximum absolute atomic E-state index is 12.5. The van der Waals surface area contributed by atoms with Crippen molar-refractivity contribution in [3.05, 3.63) is 45.9 Å². The van der Waals surface area contributed by atoms with E-state index in [1.54, 1.807) is 6.07 Å². The largest absolute Gasteiger partial charge is 0.325 e. The molecule has 0 amide bonds. The molecule has 1 aromatic heterocycles. The Morgan fingerprint density at radius 3 is 2.61 bits per heavy atom. The molecule has 3 rings (SSSR count). The smallest absolute Gasteiger partial charge is 0.256 e. The Bertz CT molecular complexity index is 887. The number of sulfonamides is 1. The van der Waals surface area contributed by atoms with E-state index in [0.717, 1.165) is 16.6 Å². The fraction of sp³-hybridized carbons (Fsp3) is 0.438. The van der Waals surface area contributed by atoms with Crippen LogP contribution in [0.3, 0.4) is 0 Å². The van der Waals surface area contributed by atoms with Gasteiger partial charge in [-0.1, -0.05) is 18.2 Å². The Hall–Kier alpha value is -1.70. The van der Waals surface area contributed by atoms with Crippen molar-refractivity contribution in [3.63, 3.8) is 0 Å². The Morgan fingerprint density at radius 2 is 1.91 bits per heavy atom.